The second-order valence-corrected chi connectivity index (χ2v) is 4.51. The molecule has 0 spiro atoms. The zero-order valence-corrected chi connectivity index (χ0v) is 10.1. The Balaban J connectivity index is 2.22. The molecule has 4 nitrogen and oxygen atoms in total. The van der Waals surface area contributed by atoms with Crippen molar-refractivity contribution < 1.29 is 9.59 Å². The third-order valence-electron chi connectivity index (χ3n) is 3.19. The zero-order chi connectivity index (χ0) is 12.0. The molecule has 1 aliphatic heterocycles. The Hall–Kier alpha value is -1.06. The summed E-state index contributed by atoms with van der Waals surface area (Å²) >= 11 is 0. The molecule has 1 saturated heterocycles. The van der Waals surface area contributed by atoms with E-state index in [2.05, 4.69) is 6.92 Å². The predicted octanol–water partition coefficient (Wildman–Crippen LogP) is 1.29. The Morgan fingerprint density at radius 1 is 1.50 bits per heavy atom. The summed E-state index contributed by atoms with van der Waals surface area (Å²) in [6, 6.07) is 0. The number of primary amides is 1. The van der Waals surface area contributed by atoms with Crippen LogP contribution in [-0.2, 0) is 9.59 Å². The average Bonchev–Trinajstić information content (AvgIpc) is 2.63. The Bertz CT molecular complexity index is 253. The molecule has 0 aromatic rings. The molecule has 1 atom stereocenters. The van der Waals surface area contributed by atoms with Crippen LogP contribution in [0, 0.1) is 5.92 Å². The van der Waals surface area contributed by atoms with Crippen molar-refractivity contribution >= 4 is 11.8 Å². The Morgan fingerprint density at radius 3 is 2.75 bits per heavy atom. The van der Waals surface area contributed by atoms with Gasteiger partial charge in [0, 0.05) is 25.4 Å². The molecule has 1 unspecified atom stereocenters. The molecule has 1 heterocycles. The Labute approximate surface area is 97.2 Å². The highest BCUT2D eigenvalue weighted by molar-refractivity contribution is 5.78. The fraction of sp³-hybridized carbons (Fsp3) is 0.833. The summed E-state index contributed by atoms with van der Waals surface area (Å²) in [6.45, 7) is 3.72. The van der Waals surface area contributed by atoms with E-state index in [0.717, 1.165) is 45.2 Å². The smallest absolute Gasteiger partial charge is 0.222 e. The first kappa shape index (κ1) is 13.0. The van der Waals surface area contributed by atoms with Gasteiger partial charge in [-0.15, -0.1) is 0 Å². The summed E-state index contributed by atoms with van der Waals surface area (Å²) in [5.74, 6) is 0.0448. The van der Waals surface area contributed by atoms with Gasteiger partial charge in [0.2, 0.25) is 11.8 Å². The maximum absolute atomic E-state index is 11.3. The minimum absolute atomic E-state index is 0.0114. The Morgan fingerprint density at radius 2 is 2.25 bits per heavy atom. The van der Waals surface area contributed by atoms with Gasteiger partial charge in [-0.25, -0.2) is 0 Å². The van der Waals surface area contributed by atoms with E-state index in [-0.39, 0.29) is 17.7 Å². The van der Waals surface area contributed by atoms with Gasteiger partial charge < -0.3 is 10.6 Å². The second kappa shape index (κ2) is 6.51. The van der Waals surface area contributed by atoms with Crippen molar-refractivity contribution in [1.29, 1.82) is 0 Å². The molecule has 1 aliphatic rings. The van der Waals surface area contributed by atoms with E-state index >= 15 is 0 Å². The van der Waals surface area contributed by atoms with Crippen LogP contribution in [0.4, 0.5) is 0 Å². The van der Waals surface area contributed by atoms with E-state index in [1.165, 1.54) is 0 Å². The molecule has 0 aromatic heterocycles. The molecule has 0 aromatic carbocycles. The molecule has 2 amide bonds. The predicted molar refractivity (Wildman–Crippen MR) is 62.6 cm³/mol. The number of hydrogen-bond acceptors (Lipinski definition) is 2. The van der Waals surface area contributed by atoms with E-state index in [0.29, 0.717) is 6.42 Å². The molecule has 16 heavy (non-hydrogen) atoms. The summed E-state index contributed by atoms with van der Waals surface area (Å²) in [4.78, 5) is 24.4. The largest absolute Gasteiger partial charge is 0.369 e. The first-order chi connectivity index (χ1) is 7.65. The van der Waals surface area contributed by atoms with E-state index in [4.69, 9.17) is 5.73 Å². The number of nitrogens with two attached hydrogens (primary N) is 1. The minimum Gasteiger partial charge on any atom is -0.369 e. The molecular weight excluding hydrogens is 204 g/mol. The van der Waals surface area contributed by atoms with E-state index < -0.39 is 0 Å². The first-order valence-corrected chi connectivity index (χ1v) is 6.22. The van der Waals surface area contributed by atoms with E-state index in [1.807, 2.05) is 4.90 Å². The number of carbonyl (C=O) groups excluding carboxylic acids is 2. The van der Waals surface area contributed by atoms with Crippen LogP contribution < -0.4 is 5.73 Å². The SMILES string of the molecule is CCCC(CCCN1CCCC1=O)C(N)=O. The highest BCUT2D eigenvalue weighted by atomic mass is 16.2. The van der Waals surface area contributed by atoms with Crippen molar-refractivity contribution in [2.45, 2.75) is 45.4 Å². The third kappa shape index (κ3) is 3.83. The van der Waals surface area contributed by atoms with Crippen LogP contribution in [-0.4, -0.2) is 29.8 Å². The van der Waals surface area contributed by atoms with Crippen molar-refractivity contribution in [2.24, 2.45) is 11.7 Å². The fourth-order valence-electron chi connectivity index (χ4n) is 2.25. The molecule has 0 saturated carbocycles. The lowest BCUT2D eigenvalue weighted by atomic mass is 9.97. The summed E-state index contributed by atoms with van der Waals surface area (Å²) < 4.78 is 0. The van der Waals surface area contributed by atoms with Crippen molar-refractivity contribution in [1.82, 2.24) is 4.90 Å². The summed E-state index contributed by atoms with van der Waals surface area (Å²) in [7, 11) is 0. The Kier molecular flexibility index (Phi) is 5.29. The average molecular weight is 226 g/mol. The van der Waals surface area contributed by atoms with Gasteiger partial charge in [0.25, 0.3) is 0 Å². The normalized spacial score (nSPS) is 17.8. The van der Waals surface area contributed by atoms with Gasteiger partial charge in [-0.2, -0.15) is 0 Å². The molecule has 1 rings (SSSR count). The number of likely N-dealkylation sites (tertiary alicyclic amines) is 1. The van der Waals surface area contributed by atoms with Crippen LogP contribution in [0.15, 0.2) is 0 Å². The molecule has 2 N–H and O–H groups in total. The van der Waals surface area contributed by atoms with Gasteiger partial charge in [-0.1, -0.05) is 13.3 Å². The molecule has 4 heteroatoms. The second-order valence-electron chi connectivity index (χ2n) is 4.51. The van der Waals surface area contributed by atoms with Crippen molar-refractivity contribution in [3.8, 4) is 0 Å². The van der Waals surface area contributed by atoms with Gasteiger partial charge in [-0.3, -0.25) is 9.59 Å². The van der Waals surface area contributed by atoms with Gasteiger partial charge in [0.1, 0.15) is 0 Å². The number of carbonyl (C=O) groups is 2. The third-order valence-corrected chi connectivity index (χ3v) is 3.19. The molecule has 0 aliphatic carbocycles. The van der Waals surface area contributed by atoms with Gasteiger partial charge >= 0.3 is 0 Å². The quantitative estimate of drug-likeness (QED) is 0.711. The molecule has 1 fully saturated rings. The maximum atomic E-state index is 11.3. The van der Waals surface area contributed by atoms with Gasteiger partial charge in [0.05, 0.1) is 0 Å². The zero-order valence-electron chi connectivity index (χ0n) is 10.1. The summed E-state index contributed by atoms with van der Waals surface area (Å²) in [5, 5.41) is 0. The lowest BCUT2D eigenvalue weighted by Gasteiger charge is -2.17. The number of nitrogens with zero attached hydrogens (tertiary/aromatic N) is 1. The van der Waals surface area contributed by atoms with Crippen LogP contribution in [0.2, 0.25) is 0 Å². The fourth-order valence-corrected chi connectivity index (χ4v) is 2.25. The monoisotopic (exact) mass is 226 g/mol. The molecule has 92 valence electrons. The van der Waals surface area contributed by atoms with Crippen LogP contribution >= 0.6 is 0 Å². The number of hydrogen-bond donors (Lipinski definition) is 1. The lowest BCUT2D eigenvalue weighted by molar-refractivity contribution is -0.127. The minimum atomic E-state index is -0.199. The molecular formula is C12H22N2O2. The lowest BCUT2D eigenvalue weighted by Crippen LogP contribution is -2.28. The number of rotatable bonds is 7. The van der Waals surface area contributed by atoms with Gasteiger partial charge in [0.15, 0.2) is 0 Å². The highest BCUT2D eigenvalue weighted by Crippen LogP contribution is 2.15. The molecule has 0 bridgehead atoms. The standard InChI is InChI=1S/C12H22N2O2/c1-2-5-10(12(13)16)6-3-8-14-9-4-7-11(14)15/h10H,2-9H2,1H3,(H2,13,16). The highest BCUT2D eigenvalue weighted by Gasteiger charge is 2.20. The van der Waals surface area contributed by atoms with Crippen LogP contribution in [0.3, 0.4) is 0 Å². The van der Waals surface area contributed by atoms with Gasteiger partial charge in [-0.05, 0) is 25.7 Å². The van der Waals surface area contributed by atoms with Crippen molar-refractivity contribution in [2.75, 3.05) is 13.1 Å². The van der Waals surface area contributed by atoms with E-state index in [9.17, 15) is 9.59 Å². The van der Waals surface area contributed by atoms with E-state index in [1.54, 1.807) is 0 Å². The number of amides is 2. The summed E-state index contributed by atoms with van der Waals surface area (Å²) in [5.41, 5.74) is 5.32. The maximum Gasteiger partial charge on any atom is 0.222 e. The summed E-state index contributed by atoms with van der Waals surface area (Å²) in [6.07, 6.45) is 5.22. The van der Waals surface area contributed by atoms with Crippen molar-refractivity contribution in [3.63, 3.8) is 0 Å². The molecule has 0 radical (unpaired) electrons. The van der Waals surface area contributed by atoms with Crippen LogP contribution in [0.5, 0.6) is 0 Å². The van der Waals surface area contributed by atoms with Crippen molar-refractivity contribution in [3.05, 3.63) is 0 Å². The van der Waals surface area contributed by atoms with Crippen LogP contribution in [0.25, 0.3) is 0 Å². The topological polar surface area (TPSA) is 63.4 Å². The van der Waals surface area contributed by atoms with Crippen LogP contribution in [0.1, 0.15) is 45.4 Å². The first-order valence-electron chi connectivity index (χ1n) is 6.22.